The molecule has 0 aliphatic carbocycles. The number of amides is 2. The monoisotopic (exact) mass is 465 g/mol. The number of rotatable bonds is 2. The number of likely N-dealkylation sites (tertiary alicyclic amines) is 1. The summed E-state index contributed by atoms with van der Waals surface area (Å²) in [5, 5.41) is 2.32. The van der Waals surface area contributed by atoms with Gasteiger partial charge in [-0.1, -0.05) is 6.08 Å². The first kappa shape index (κ1) is 23.2. The Morgan fingerprint density at radius 2 is 1.81 bits per heavy atom. The molecule has 2 amide bonds. The molecule has 2 aliphatic rings. The summed E-state index contributed by atoms with van der Waals surface area (Å²) >= 11 is 0.987. The number of hydrogen-bond donors (Lipinski definition) is 1. The third kappa shape index (κ3) is 5.23. The number of allylic oxidation sites excluding steroid dienone is 1. The van der Waals surface area contributed by atoms with Crippen molar-refractivity contribution in [3.63, 3.8) is 0 Å². The highest BCUT2D eigenvalue weighted by atomic mass is 32.2. The molecule has 31 heavy (non-hydrogen) atoms. The van der Waals surface area contributed by atoms with Crippen molar-refractivity contribution in [2.24, 2.45) is 10.9 Å². The molecule has 12 heteroatoms. The second kappa shape index (κ2) is 8.56. The maximum Gasteiger partial charge on any atom is 0.417 e. The molecule has 0 aromatic heterocycles. The Bertz CT molecular complexity index is 947. The molecule has 0 atom stereocenters. The second-order valence-corrected chi connectivity index (χ2v) is 8.02. The van der Waals surface area contributed by atoms with E-state index in [2.05, 4.69) is 10.3 Å². The average molecular weight is 465 g/mol. The Labute approximate surface area is 177 Å². The number of nitrogens with zero attached hydrogens (tertiary/aromatic N) is 2. The fraction of sp³-hybridized carbons (Fsp3) is 0.421. The third-order valence-electron chi connectivity index (χ3n) is 4.98. The molecule has 0 radical (unpaired) electrons. The number of thioether (sulfide) groups is 1. The summed E-state index contributed by atoms with van der Waals surface area (Å²) in [6.07, 6.45) is -7.36. The van der Waals surface area contributed by atoms with E-state index in [0.717, 1.165) is 11.8 Å². The van der Waals surface area contributed by atoms with E-state index in [0.29, 0.717) is 35.7 Å². The predicted octanol–water partition coefficient (Wildman–Crippen LogP) is 4.95. The molecular weight excluding hydrogens is 448 g/mol. The van der Waals surface area contributed by atoms with Gasteiger partial charge >= 0.3 is 12.4 Å². The van der Waals surface area contributed by atoms with Crippen LogP contribution in [-0.2, 0) is 12.4 Å². The van der Waals surface area contributed by atoms with Crippen molar-refractivity contribution >= 4 is 28.7 Å². The summed E-state index contributed by atoms with van der Waals surface area (Å²) in [4.78, 5) is 30.0. The lowest BCUT2D eigenvalue weighted by molar-refractivity contribution is -0.143. The standard InChI is InChI=1S/C19H17F6N3O2S/c1-26-15-14(31-17(30)27-15)8-10-4-6-28(7-5-10)16(29)12-3-2-11(18(20,21)22)9-13(12)19(23,24)25/h2-3,8-10H,4-7H2,1H3,(H,26,27,30). The van der Waals surface area contributed by atoms with Crippen molar-refractivity contribution in [1.82, 2.24) is 10.2 Å². The lowest BCUT2D eigenvalue weighted by Gasteiger charge is -2.31. The van der Waals surface area contributed by atoms with Crippen LogP contribution < -0.4 is 5.32 Å². The molecule has 0 bridgehead atoms. The lowest BCUT2D eigenvalue weighted by atomic mass is 9.94. The van der Waals surface area contributed by atoms with Gasteiger partial charge in [0.25, 0.3) is 11.1 Å². The van der Waals surface area contributed by atoms with Gasteiger partial charge in [-0.05, 0) is 48.7 Å². The molecule has 0 spiro atoms. The molecule has 2 fully saturated rings. The van der Waals surface area contributed by atoms with Crippen LogP contribution in [0.3, 0.4) is 0 Å². The van der Waals surface area contributed by atoms with Crippen LogP contribution in [-0.4, -0.2) is 42.0 Å². The summed E-state index contributed by atoms with van der Waals surface area (Å²) in [6, 6.07) is 1.03. The highest BCUT2D eigenvalue weighted by Crippen LogP contribution is 2.38. The summed E-state index contributed by atoms with van der Waals surface area (Å²) in [6.45, 7) is 0.270. The number of hydrogen-bond acceptors (Lipinski definition) is 4. The summed E-state index contributed by atoms with van der Waals surface area (Å²) in [5.41, 5.74) is -3.88. The first-order valence-electron chi connectivity index (χ1n) is 9.15. The molecule has 2 heterocycles. The average Bonchev–Trinajstić information content (AvgIpc) is 3.05. The summed E-state index contributed by atoms with van der Waals surface area (Å²) < 4.78 is 78.5. The Morgan fingerprint density at radius 3 is 2.35 bits per heavy atom. The van der Waals surface area contributed by atoms with Crippen LogP contribution in [0.25, 0.3) is 0 Å². The van der Waals surface area contributed by atoms with E-state index in [4.69, 9.17) is 0 Å². The van der Waals surface area contributed by atoms with Gasteiger partial charge in [0.1, 0.15) is 5.84 Å². The number of carbonyl (C=O) groups excluding carboxylic acids is 2. The number of carbonyl (C=O) groups is 2. The van der Waals surface area contributed by atoms with Crippen LogP contribution in [0.1, 0.15) is 34.3 Å². The van der Waals surface area contributed by atoms with Gasteiger partial charge in [0.2, 0.25) is 0 Å². The number of benzene rings is 1. The molecular formula is C19H17F6N3O2S. The smallest absolute Gasteiger partial charge is 0.339 e. The van der Waals surface area contributed by atoms with Crippen molar-refractivity contribution in [1.29, 1.82) is 0 Å². The van der Waals surface area contributed by atoms with E-state index in [-0.39, 0.29) is 30.3 Å². The maximum atomic E-state index is 13.3. The van der Waals surface area contributed by atoms with Crippen molar-refractivity contribution in [3.05, 3.63) is 45.9 Å². The van der Waals surface area contributed by atoms with Crippen molar-refractivity contribution < 1.29 is 35.9 Å². The van der Waals surface area contributed by atoms with Crippen LogP contribution in [0.15, 0.2) is 34.2 Å². The molecule has 0 saturated carbocycles. The number of alkyl halides is 6. The Balaban J connectivity index is 1.76. The van der Waals surface area contributed by atoms with Gasteiger partial charge in [-0.25, -0.2) is 0 Å². The molecule has 0 unspecified atom stereocenters. The quantitative estimate of drug-likeness (QED) is 0.629. The maximum absolute atomic E-state index is 13.3. The highest BCUT2D eigenvalue weighted by Gasteiger charge is 2.40. The Kier molecular flexibility index (Phi) is 6.40. The summed E-state index contributed by atoms with van der Waals surface area (Å²) in [5.74, 6) is -0.547. The molecule has 3 rings (SSSR count). The number of nitrogens with one attached hydrogen (secondary N) is 1. The Morgan fingerprint density at radius 1 is 1.16 bits per heavy atom. The molecule has 5 nitrogen and oxygen atoms in total. The fourth-order valence-electron chi connectivity index (χ4n) is 3.41. The largest absolute Gasteiger partial charge is 0.417 e. The van der Waals surface area contributed by atoms with Gasteiger partial charge < -0.3 is 10.2 Å². The van der Waals surface area contributed by atoms with Crippen LogP contribution in [0.4, 0.5) is 31.1 Å². The van der Waals surface area contributed by atoms with E-state index in [1.54, 1.807) is 0 Å². The zero-order valence-electron chi connectivity index (χ0n) is 16.1. The van der Waals surface area contributed by atoms with Crippen LogP contribution in [0.2, 0.25) is 0 Å². The molecule has 168 valence electrons. The molecule has 2 aliphatic heterocycles. The number of aliphatic imine (C=N–C) groups is 1. The van der Waals surface area contributed by atoms with E-state index >= 15 is 0 Å². The van der Waals surface area contributed by atoms with Gasteiger partial charge in [-0.3, -0.25) is 14.6 Å². The van der Waals surface area contributed by atoms with E-state index in [1.807, 2.05) is 6.08 Å². The Hall–Kier alpha value is -2.50. The van der Waals surface area contributed by atoms with Crippen LogP contribution >= 0.6 is 11.8 Å². The van der Waals surface area contributed by atoms with Gasteiger partial charge in [-0.2, -0.15) is 26.3 Å². The van der Waals surface area contributed by atoms with Gasteiger partial charge in [0, 0.05) is 20.1 Å². The minimum atomic E-state index is -5.11. The first-order chi connectivity index (χ1) is 14.4. The van der Waals surface area contributed by atoms with Crippen LogP contribution in [0, 0.1) is 5.92 Å². The molecule has 1 aromatic rings. The predicted molar refractivity (Wildman–Crippen MR) is 103 cm³/mol. The van der Waals surface area contributed by atoms with Gasteiger partial charge in [0.15, 0.2) is 0 Å². The van der Waals surface area contributed by atoms with Gasteiger partial charge in [0.05, 0.1) is 21.6 Å². The van der Waals surface area contributed by atoms with Gasteiger partial charge in [-0.15, -0.1) is 0 Å². The molecule has 1 N–H and O–H groups in total. The van der Waals surface area contributed by atoms with E-state index in [9.17, 15) is 35.9 Å². The van der Waals surface area contributed by atoms with Crippen LogP contribution in [0.5, 0.6) is 0 Å². The third-order valence-corrected chi connectivity index (χ3v) is 5.81. The second-order valence-electron chi connectivity index (χ2n) is 7.00. The topological polar surface area (TPSA) is 61.8 Å². The normalized spacial score (nSPS) is 21.1. The lowest BCUT2D eigenvalue weighted by Crippen LogP contribution is -2.39. The zero-order valence-corrected chi connectivity index (χ0v) is 16.9. The van der Waals surface area contributed by atoms with E-state index in [1.165, 1.54) is 11.9 Å². The first-order valence-corrected chi connectivity index (χ1v) is 9.97. The van der Waals surface area contributed by atoms with E-state index < -0.39 is 35.0 Å². The zero-order chi connectivity index (χ0) is 23.0. The molecule has 2 saturated heterocycles. The van der Waals surface area contributed by atoms with Crippen molar-refractivity contribution in [2.75, 3.05) is 20.1 Å². The highest BCUT2D eigenvalue weighted by molar-refractivity contribution is 8.18. The summed E-state index contributed by atoms with van der Waals surface area (Å²) in [7, 11) is 1.53. The van der Waals surface area contributed by atoms with Crippen molar-refractivity contribution in [2.45, 2.75) is 25.2 Å². The molecule has 1 aromatic carbocycles. The minimum Gasteiger partial charge on any atom is -0.339 e. The minimum absolute atomic E-state index is 0.0225. The number of halogens is 6. The SMILES string of the molecule is CN=C1NC(=O)SC1=CC1CCN(C(=O)c2ccc(C(F)(F)F)cc2C(F)(F)F)CC1. The number of piperidine rings is 1. The fourth-order valence-corrected chi connectivity index (χ4v) is 4.25. The number of amidine groups is 1. The van der Waals surface area contributed by atoms with Crippen molar-refractivity contribution in [3.8, 4) is 0 Å².